The van der Waals surface area contributed by atoms with Gasteiger partial charge < -0.3 is 4.98 Å². The van der Waals surface area contributed by atoms with E-state index in [2.05, 4.69) is 15.1 Å². The number of aryl methyl sites for hydroxylation is 1. The molecule has 3 rings (SSSR count). The molecule has 0 unspecified atom stereocenters. The van der Waals surface area contributed by atoms with Gasteiger partial charge in [0.2, 0.25) is 0 Å². The van der Waals surface area contributed by atoms with Crippen molar-refractivity contribution in [3.8, 4) is 11.5 Å². The minimum Gasteiger partial charge on any atom is -0.337 e. The fourth-order valence-corrected chi connectivity index (χ4v) is 1.88. The normalized spacial score (nSPS) is 11.1. The van der Waals surface area contributed by atoms with Gasteiger partial charge in [-0.25, -0.2) is 4.98 Å². The van der Waals surface area contributed by atoms with E-state index in [1.807, 2.05) is 37.5 Å². The van der Waals surface area contributed by atoms with Gasteiger partial charge in [0, 0.05) is 13.2 Å². The standard InChI is InChI=1S/C11H9ClN4/c1-16-6-5-9(15-16)11-13-8-4-2-3-7(12)10(8)14-11/h2-6H,1H3,(H,13,14). The number of imidazole rings is 1. The summed E-state index contributed by atoms with van der Waals surface area (Å²) in [7, 11) is 1.87. The van der Waals surface area contributed by atoms with Gasteiger partial charge in [-0.3, -0.25) is 4.68 Å². The second kappa shape index (κ2) is 3.35. The highest BCUT2D eigenvalue weighted by Crippen LogP contribution is 2.24. The molecule has 80 valence electrons. The molecule has 0 saturated heterocycles. The lowest BCUT2D eigenvalue weighted by Gasteiger charge is -1.88. The van der Waals surface area contributed by atoms with Crippen LogP contribution in [0.5, 0.6) is 0 Å². The first kappa shape index (κ1) is 9.42. The lowest BCUT2D eigenvalue weighted by molar-refractivity contribution is 0.769. The zero-order valence-corrected chi connectivity index (χ0v) is 9.36. The van der Waals surface area contributed by atoms with Crippen LogP contribution in [0.1, 0.15) is 0 Å². The molecule has 0 atom stereocenters. The number of aromatic amines is 1. The topological polar surface area (TPSA) is 46.5 Å². The number of nitrogens with zero attached hydrogens (tertiary/aromatic N) is 3. The summed E-state index contributed by atoms with van der Waals surface area (Å²) in [5, 5.41) is 4.93. The Morgan fingerprint density at radius 2 is 2.19 bits per heavy atom. The molecule has 3 aromatic rings. The Morgan fingerprint density at radius 3 is 2.88 bits per heavy atom. The van der Waals surface area contributed by atoms with Gasteiger partial charge in [-0.1, -0.05) is 17.7 Å². The van der Waals surface area contributed by atoms with E-state index in [9.17, 15) is 0 Å². The molecule has 0 radical (unpaired) electrons. The van der Waals surface area contributed by atoms with Crippen molar-refractivity contribution in [2.75, 3.05) is 0 Å². The summed E-state index contributed by atoms with van der Waals surface area (Å²) in [6.07, 6.45) is 1.88. The Kier molecular flexibility index (Phi) is 1.97. The van der Waals surface area contributed by atoms with E-state index in [0.717, 1.165) is 22.6 Å². The van der Waals surface area contributed by atoms with Gasteiger partial charge in [-0.05, 0) is 18.2 Å². The molecule has 0 aliphatic carbocycles. The molecule has 0 aliphatic heterocycles. The van der Waals surface area contributed by atoms with Crippen molar-refractivity contribution in [1.82, 2.24) is 19.7 Å². The molecule has 0 aliphatic rings. The molecule has 0 saturated carbocycles. The summed E-state index contributed by atoms with van der Waals surface area (Å²) in [6, 6.07) is 7.57. The number of hydrogen-bond acceptors (Lipinski definition) is 2. The van der Waals surface area contributed by atoms with Gasteiger partial charge in [0.15, 0.2) is 5.82 Å². The molecule has 1 N–H and O–H groups in total. The van der Waals surface area contributed by atoms with Crippen molar-refractivity contribution < 1.29 is 0 Å². The van der Waals surface area contributed by atoms with Gasteiger partial charge in [0.05, 0.1) is 10.5 Å². The van der Waals surface area contributed by atoms with Gasteiger partial charge in [0.25, 0.3) is 0 Å². The van der Waals surface area contributed by atoms with E-state index < -0.39 is 0 Å². The Bertz CT molecular complexity index is 653. The molecule has 0 spiro atoms. The number of benzene rings is 1. The molecular formula is C11H9ClN4. The number of para-hydroxylation sites is 1. The first-order chi connectivity index (χ1) is 7.74. The zero-order chi connectivity index (χ0) is 11.1. The number of nitrogens with one attached hydrogen (secondary N) is 1. The fraction of sp³-hybridized carbons (Fsp3) is 0.0909. The van der Waals surface area contributed by atoms with Crippen LogP contribution in [0.25, 0.3) is 22.6 Å². The molecule has 5 heteroatoms. The molecule has 16 heavy (non-hydrogen) atoms. The Morgan fingerprint density at radius 1 is 1.31 bits per heavy atom. The smallest absolute Gasteiger partial charge is 0.159 e. The molecule has 4 nitrogen and oxygen atoms in total. The first-order valence-electron chi connectivity index (χ1n) is 4.88. The Balaban J connectivity index is 2.22. The van der Waals surface area contributed by atoms with Crippen LogP contribution >= 0.6 is 11.6 Å². The van der Waals surface area contributed by atoms with Crippen molar-refractivity contribution in [3.05, 3.63) is 35.5 Å². The monoisotopic (exact) mass is 232 g/mol. The lowest BCUT2D eigenvalue weighted by Crippen LogP contribution is -1.88. The summed E-state index contributed by atoms with van der Waals surface area (Å²) in [5.74, 6) is 0.740. The molecule has 2 heterocycles. The van der Waals surface area contributed by atoms with Crippen molar-refractivity contribution in [2.24, 2.45) is 7.05 Å². The quantitative estimate of drug-likeness (QED) is 0.701. The third kappa shape index (κ3) is 1.39. The predicted molar refractivity (Wildman–Crippen MR) is 63.3 cm³/mol. The van der Waals surface area contributed by atoms with E-state index in [1.54, 1.807) is 4.68 Å². The molecule has 0 fully saturated rings. The van der Waals surface area contributed by atoms with Crippen molar-refractivity contribution in [1.29, 1.82) is 0 Å². The summed E-state index contributed by atoms with van der Waals surface area (Å²) in [6.45, 7) is 0. The lowest BCUT2D eigenvalue weighted by atomic mass is 10.3. The maximum Gasteiger partial charge on any atom is 0.159 e. The van der Waals surface area contributed by atoms with Crippen LogP contribution in [0.2, 0.25) is 5.02 Å². The highest BCUT2D eigenvalue weighted by atomic mass is 35.5. The Hall–Kier alpha value is -1.81. The molecule has 0 amide bonds. The molecule has 1 aromatic carbocycles. The highest BCUT2D eigenvalue weighted by molar-refractivity contribution is 6.34. The minimum absolute atomic E-state index is 0.649. The van der Waals surface area contributed by atoms with E-state index >= 15 is 0 Å². The van der Waals surface area contributed by atoms with Crippen LogP contribution in [0, 0.1) is 0 Å². The SMILES string of the molecule is Cn1ccc(-c2nc3c(Cl)cccc3[nH]2)n1. The summed E-state index contributed by atoms with van der Waals surface area (Å²) >= 11 is 6.05. The summed E-state index contributed by atoms with van der Waals surface area (Å²) in [5.41, 5.74) is 2.52. The Labute approximate surface area is 96.9 Å². The third-order valence-corrected chi connectivity index (χ3v) is 2.72. The number of H-pyrrole nitrogens is 1. The molecule has 0 bridgehead atoms. The third-order valence-electron chi connectivity index (χ3n) is 2.42. The zero-order valence-electron chi connectivity index (χ0n) is 8.61. The van der Waals surface area contributed by atoms with Gasteiger partial charge in [-0.15, -0.1) is 0 Å². The van der Waals surface area contributed by atoms with Crippen LogP contribution in [0.15, 0.2) is 30.5 Å². The average Bonchev–Trinajstić information content (AvgIpc) is 2.84. The number of aromatic nitrogens is 4. The molecular weight excluding hydrogens is 224 g/mol. The largest absolute Gasteiger partial charge is 0.337 e. The molecule has 2 aromatic heterocycles. The van der Waals surface area contributed by atoms with Crippen LogP contribution in [0.4, 0.5) is 0 Å². The minimum atomic E-state index is 0.649. The summed E-state index contributed by atoms with van der Waals surface area (Å²) < 4.78 is 1.74. The second-order valence-corrected chi connectivity index (χ2v) is 4.00. The van der Waals surface area contributed by atoms with Crippen LogP contribution in [-0.4, -0.2) is 19.7 Å². The summed E-state index contributed by atoms with van der Waals surface area (Å²) in [4.78, 5) is 7.63. The second-order valence-electron chi connectivity index (χ2n) is 3.60. The van der Waals surface area contributed by atoms with Gasteiger partial charge in [0.1, 0.15) is 11.2 Å². The van der Waals surface area contributed by atoms with E-state index in [4.69, 9.17) is 11.6 Å². The van der Waals surface area contributed by atoms with E-state index in [1.165, 1.54) is 0 Å². The van der Waals surface area contributed by atoms with Gasteiger partial charge in [-0.2, -0.15) is 5.10 Å². The van der Waals surface area contributed by atoms with Gasteiger partial charge >= 0.3 is 0 Å². The van der Waals surface area contributed by atoms with Crippen LogP contribution < -0.4 is 0 Å². The predicted octanol–water partition coefficient (Wildman–Crippen LogP) is 2.62. The maximum atomic E-state index is 6.05. The number of halogens is 1. The van der Waals surface area contributed by atoms with Crippen molar-refractivity contribution in [2.45, 2.75) is 0 Å². The van der Waals surface area contributed by atoms with Crippen molar-refractivity contribution >= 4 is 22.6 Å². The first-order valence-corrected chi connectivity index (χ1v) is 5.26. The average molecular weight is 233 g/mol. The number of hydrogen-bond donors (Lipinski definition) is 1. The maximum absolute atomic E-state index is 6.05. The van der Waals surface area contributed by atoms with Crippen LogP contribution in [0.3, 0.4) is 0 Å². The fourth-order valence-electron chi connectivity index (χ4n) is 1.66. The van der Waals surface area contributed by atoms with Crippen molar-refractivity contribution in [3.63, 3.8) is 0 Å². The highest BCUT2D eigenvalue weighted by Gasteiger charge is 2.09. The van der Waals surface area contributed by atoms with E-state index in [0.29, 0.717) is 5.02 Å². The number of fused-ring (bicyclic) bond motifs is 1. The number of rotatable bonds is 1. The van der Waals surface area contributed by atoms with Crippen LogP contribution in [-0.2, 0) is 7.05 Å². The van der Waals surface area contributed by atoms with E-state index in [-0.39, 0.29) is 0 Å².